The van der Waals surface area contributed by atoms with Gasteiger partial charge in [0.1, 0.15) is 5.69 Å². The smallest absolute Gasteiger partial charge is 0.381 e. The lowest BCUT2D eigenvalue weighted by Gasteiger charge is -2.56. The third-order valence-corrected chi connectivity index (χ3v) is 13.0. The maximum atomic E-state index is 13.8. The van der Waals surface area contributed by atoms with Gasteiger partial charge in [0.25, 0.3) is 21.6 Å². The number of rotatable bonds is 10. The van der Waals surface area contributed by atoms with Gasteiger partial charge in [0.2, 0.25) is 0 Å². The number of piperidine rings is 1. The van der Waals surface area contributed by atoms with Crippen molar-refractivity contribution in [2.75, 3.05) is 49.6 Å². The largest absolute Gasteiger partial charge is 0.416 e. The fourth-order valence-corrected chi connectivity index (χ4v) is 9.67. The third kappa shape index (κ3) is 8.48. The summed E-state index contributed by atoms with van der Waals surface area (Å²) in [5, 5.41) is 14.9. The van der Waals surface area contributed by atoms with E-state index in [0.717, 1.165) is 82.8 Å². The molecule has 1 spiro atoms. The maximum Gasteiger partial charge on any atom is 0.416 e. The van der Waals surface area contributed by atoms with Crippen LogP contribution in [0.5, 0.6) is 0 Å². The van der Waals surface area contributed by atoms with E-state index in [1.807, 2.05) is 4.72 Å². The zero-order valence-electron chi connectivity index (χ0n) is 29.7. The molecule has 3 heterocycles. The lowest BCUT2D eigenvalue weighted by molar-refractivity contribution is -0.384. The van der Waals surface area contributed by atoms with Gasteiger partial charge < -0.3 is 15.0 Å². The fraction of sp³-hybridized carbons (Fsp3) is 0.500. The number of likely N-dealkylation sites (tertiary alicyclic amines) is 1. The molecule has 292 valence electrons. The van der Waals surface area contributed by atoms with Gasteiger partial charge in [0.15, 0.2) is 0 Å². The van der Waals surface area contributed by atoms with Crippen LogP contribution in [0.15, 0.2) is 71.6 Å². The number of halogens is 4. The van der Waals surface area contributed by atoms with Crippen molar-refractivity contribution in [3.05, 3.63) is 93.5 Å². The molecule has 1 atom stereocenters. The second-order valence-electron chi connectivity index (χ2n) is 14.9. The second-order valence-corrected chi connectivity index (χ2v) is 16.6. The summed E-state index contributed by atoms with van der Waals surface area (Å²) in [4.78, 5) is 28.3. The van der Waals surface area contributed by atoms with Crippen molar-refractivity contribution < 1.29 is 36.0 Å². The third-order valence-electron chi connectivity index (χ3n) is 11.7. The summed E-state index contributed by atoms with van der Waals surface area (Å²) in [6.45, 7) is 4.16. The lowest BCUT2D eigenvalue weighted by Crippen LogP contribution is -2.55. The van der Waals surface area contributed by atoms with Crippen molar-refractivity contribution in [1.29, 1.82) is 0 Å². The lowest BCUT2D eigenvalue weighted by atomic mass is 9.59. The number of benzene rings is 3. The summed E-state index contributed by atoms with van der Waals surface area (Å²) in [6.07, 6.45) is 2.75. The molecule has 1 aliphatic carbocycles. The van der Waals surface area contributed by atoms with Gasteiger partial charge in [0.05, 0.1) is 15.4 Å². The monoisotopic (exact) mass is 791 g/mol. The maximum absolute atomic E-state index is 13.8. The zero-order valence-corrected chi connectivity index (χ0v) is 31.4. The van der Waals surface area contributed by atoms with Crippen molar-refractivity contribution in [1.82, 2.24) is 9.62 Å². The molecule has 3 saturated heterocycles. The molecule has 11 nitrogen and oxygen atoms in total. The Labute approximate surface area is 319 Å². The Morgan fingerprint density at radius 1 is 0.963 bits per heavy atom. The van der Waals surface area contributed by atoms with Crippen molar-refractivity contribution in [2.24, 2.45) is 11.3 Å². The summed E-state index contributed by atoms with van der Waals surface area (Å²) in [5.74, 6) is -0.561. The van der Waals surface area contributed by atoms with E-state index in [0.29, 0.717) is 25.3 Å². The molecule has 1 saturated carbocycles. The van der Waals surface area contributed by atoms with Gasteiger partial charge >= 0.3 is 6.18 Å². The van der Waals surface area contributed by atoms with Gasteiger partial charge in [-0.2, -0.15) is 13.2 Å². The minimum atomic E-state index is -4.41. The van der Waals surface area contributed by atoms with Crippen LogP contribution in [0.4, 0.5) is 30.2 Å². The normalized spacial score (nSPS) is 20.9. The Kier molecular flexibility index (Phi) is 11.8. The van der Waals surface area contributed by atoms with E-state index in [1.165, 1.54) is 24.3 Å². The molecule has 7 rings (SSSR count). The molecule has 0 bridgehead atoms. The Morgan fingerprint density at radius 3 is 2.31 bits per heavy atom. The van der Waals surface area contributed by atoms with Crippen LogP contribution >= 0.6 is 12.4 Å². The van der Waals surface area contributed by atoms with Gasteiger partial charge in [-0.25, -0.2) is 13.1 Å². The van der Waals surface area contributed by atoms with Crippen LogP contribution in [0, 0.1) is 21.4 Å². The molecule has 3 aromatic rings. The van der Waals surface area contributed by atoms with Gasteiger partial charge in [-0.05, 0) is 117 Å². The van der Waals surface area contributed by atoms with Crippen LogP contribution in [0.2, 0.25) is 0 Å². The number of nitrogens with zero attached hydrogens (tertiary/aromatic N) is 3. The number of nitrogens with one attached hydrogen (secondary N) is 2. The van der Waals surface area contributed by atoms with Gasteiger partial charge in [0, 0.05) is 62.2 Å². The number of hydrogen-bond acceptors (Lipinski definition) is 9. The van der Waals surface area contributed by atoms with Crippen LogP contribution in [-0.2, 0) is 20.9 Å². The first-order valence-corrected chi connectivity index (χ1v) is 19.7. The summed E-state index contributed by atoms with van der Waals surface area (Å²) in [7, 11) is -4.41. The Morgan fingerprint density at radius 2 is 1.65 bits per heavy atom. The minimum absolute atomic E-state index is 0. The van der Waals surface area contributed by atoms with Crippen LogP contribution in [-0.4, -0.2) is 69.6 Å². The first-order valence-electron chi connectivity index (χ1n) is 18.3. The van der Waals surface area contributed by atoms with Crippen LogP contribution < -0.4 is 14.9 Å². The molecule has 54 heavy (non-hydrogen) atoms. The number of carbonyl (C=O) groups is 1. The Hall–Kier alpha value is -3.92. The molecule has 3 aromatic carbocycles. The molecular formula is C38H45ClF3N5O6S. The molecule has 4 aliphatic rings. The molecule has 3 aliphatic heterocycles. The predicted octanol–water partition coefficient (Wildman–Crippen LogP) is 7.58. The average Bonchev–Trinajstić information content (AvgIpc) is 3.62. The zero-order chi connectivity index (χ0) is 37.4. The number of carbonyl (C=O) groups excluding carboxylic acids is 1. The van der Waals surface area contributed by atoms with Crippen molar-refractivity contribution in [3.63, 3.8) is 0 Å². The molecule has 16 heteroatoms. The molecular weight excluding hydrogens is 747 g/mol. The topological polar surface area (TPSA) is 134 Å². The number of hydrogen-bond donors (Lipinski definition) is 2. The number of nitro groups is 1. The van der Waals surface area contributed by atoms with E-state index >= 15 is 0 Å². The van der Waals surface area contributed by atoms with Crippen molar-refractivity contribution >= 4 is 45.4 Å². The standard InChI is InChI=1S/C38H44F3N5O6S.ClH/c39-38(40,41)32-5-2-1-4-31(32)34-6-3-17-45(34)29-23-37(24-29)15-18-44(19-16-37)28-9-7-27(8-10-28)36(47)43-53(50,51)30-11-12-33(35(22-30)46(48)49)42-25-26-13-20-52-21-14-26;/h1-2,4-5,7-12,22,26,29,34,42H,3,6,13-21,23-25H2,(H,43,47);1H/t34-;/m0./s1. The second kappa shape index (κ2) is 16.0. The van der Waals surface area contributed by atoms with Gasteiger partial charge in [-0.1, -0.05) is 18.2 Å². The van der Waals surface area contributed by atoms with E-state index in [1.54, 1.807) is 36.4 Å². The number of ether oxygens (including phenoxy) is 1. The summed E-state index contributed by atoms with van der Waals surface area (Å²) < 4.78 is 75.0. The van der Waals surface area contributed by atoms with Gasteiger partial charge in [-0.15, -0.1) is 12.4 Å². The van der Waals surface area contributed by atoms with Crippen molar-refractivity contribution in [2.45, 2.75) is 74.5 Å². The van der Waals surface area contributed by atoms with E-state index in [9.17, 15) is 36.5 Å². The molecule has 4 fully saturated rings. The highest BCUT2D eigenvalue weighted by Gasteiger charge is 2.50. The fourth-order valence-electron chi connectivity index (χ4n) is 8.68. The Bertz CT molecular complexity index is 1930. The SMILES string of the molecule is Cl.O=C(NS(=O)(=O)c1ccc(NCC2CCOCC2)c([N+](=O)[O-])c1)c1ccc(N2CCC3(CC2)CC(N2CCC[C@H]2c2ccccc2C(F)(F)F)C3)cc1. The minimum Gasteiger partial charge on any atom is -0.381 e. The van der Waals surface area contributed by atoms with Crippen LogP contribution in [0.25, 0.3) is 0 Å². The molecule has 2 N–H and O–H groups in total. The average molecular weight is 792 g/mol. The van der Waals surface area contributed by atoms with E-state index in [2.05, 4.69) is 15.1 Å². The highest BCUT2D eigenvalue weighted by Crippen LogP contribution is 2.54. The highest BCUT2D eigenvalue weighted by molar-refractivity contribution is 7.90. The van der Waals surface area contributed by atoms with E-state index in [-0.39, 0.29) is 47.1 Å². The van der Waals surface area contributed by atoms with Crippen LogP contribution in [0.3, 0.4) is 0 Å². The molecule has 0 radical (unpaired) electrons. The summed E-state index contributed by atoms with van der Waals surface area (Å²) >= 11 is 0. The Balaban J connectivity index is 0.00000497. The number of sulfonamides is 1. The number of amides is 1. The van der Waals surface area contributed by atoms with Crippen molar-refractivity contribution in [3.8, 4) is 0 Å². The number of alkyl halides is 3. The quantitative estimate of drug-likeness (QED) is 0.158. The number of anilines is 2. The predicted molar refractivity (Wildman–Crippen MR) is 200 cm³/mol. The molecule has 0 aromatic heterocycles. The first-order chi connectivity index (χ1) is 25.3. The molecule has 0 unspecified atom stereocenters. The van der Waals surface area contributed by atoms with Gasteiger partial charge in [-0.3, -0.25) is 19.8 Å². The van der Waals surface area contributed by atoms with Crippen LogP contribution in [0.1, 0.15) is 78.9 Å². The highest BCUT2D eigenvalue weighted by atomic mass is 35.5. The van der Waals surface area contributed by atoms with E-state index in [4.69, 9.17) is 4.74 Å². The molecule has 1 amide bonds. The summed E-state index contributed by atoms with van der Waals surface area (Å²) in [6, 6.07) is 16.2. The van der Waals surface area contributed by atoms with E-state index < -0.39 is 43.2 Å². The number of nitro benzene ring substituents is 1. The summed E-state index contributed by atoms with van der Waals surface area (Å²) in [5.41, 5.74) is 0.853. The first kappa shape index (κ1) is 39.8.